The van der Waals surface area contributed by atoms with Crippen molar-refractivity contribution in [2.45, 2.75) is 51.5 Å². The molecular formula is C32H32N4O. The quantitative estimate of drug-likeness (QED) is 0.259. The number of aromatic nitrogens is 4. The Hall–Kier alpha value is -3.73. The number of hydrogen-bond donors (Lipinski definition) is 1. The van der Waals surface area contributed by atoms with Crippen LogP contribution in [0, 0.1) is 17.8 Å². The van der Waals surface area contributed by atoms with Crippen LogP contribution in [0.25, 0.3) is 44.6 Å². The SMILES string of the molecule is O=C(CC1CCC(Cn2c(-c3ccc(-c4ccc5cc[nH]c5c4)cc3)nc3cccnc32)CC1)C1CC1. The van der Waals surface area contributed by atoms with Crippen molar-refractivity contribution in [1.82, 2.24) is 19.5 Å². The van der Waals surface area contributed by atoms with E-state index in [0.717, 1.165) is 53.9 Å². The monoisotopic (exact) mass is 488 g/mol. The molecule has 1 N–H and O–H groups in total. The van der Waals surface area contributed by atoms with E-state index < -0.39 is 0 Å². The number of benzene rings is 2. The van der Waals surface area contributed by atoms with Gasteiger partial charge in [-0.15, -0.1) is 0 Å². The molecule has 0 saturated heterocycles. The van der Waals surface area contributed by atoms with E-state index in [2.05, 4.69) is 64.1 Å². The van der Waals surface area contributed by atoms with Crippen LogP contribution in [0.3, 0.4) is 0 Å². The first kappa shape index (κ1) is 22.5. The average Bonchev–Trinajstić information content (AvgIpc) is 3.59. The Bertz CT molecular complexity index is 1570. The van der Waals surface area contributed by atoms with Crippen LogP contribution in [0.5, 0.6) is 0 Å². The molecule has 7 rings (SSSR count). The van der Waals surface area contributed by atoms with E-state index in [9.17, 15) is 4.79 Å². The number of aromatic amines is 1. The largest absolute Gasteiger partial charge is 0.361 e. The lowest BCUT2D eigenvalue weighted by atomic mass is 9.79. The van der Waals surface area contributed by atoms with Gasteiger partial charge in [0.15, 0.2) is 5.65 Å². The third kappa shape index (κ3) is 4.48. The maximum Gasteiger partial charge on any atom is 0.160 e. The van der Waals surface area contributed by atoms with E-state index in [-0.39, 0.29) is 0 Å². The molecule has 0 aliphatic heterocycles. The highest BCUT2D eigenvalue weighted by Gasteiger charge is 2.32. The number of fused-ring (bicyclic) bond motifs is 2. The molecule has 186 valence electrons. The molecule has 2 aromatic carbocycles. The van der Waals surface area contributed by atoms with Crippen molar-refractivity contribution in [1.29, 1.82) is 0 Å². The Morgan fingerprint density at radius 2 is 1.62 bits per heavy atom. The number of rotatable bonds is 7. The molecule has 2 aliphatic rings. The molecule has 5 nitrogen and oxygen atoms in total. The lowest BCUT2D eigenvalue weighted by Gasteiger charge is -2.29. The number of ketones is 1. The summed E-state index contributed by atoms with van der Waals surface area (Å²) in [6.45, 7) is 0.928. The molecule has 2 saturated carbocycles. The third-order valence-corrected chi connectivity index (χ3v) is 8.46. The van der Waals surface area contributed by atoms with Gasteiger partial charge >= 0.3 is 0 Å². The van der Waals surface area contributed by atoms with Crippen molar-refractivity contribution in [3.8, 4) is 22.5 Å². The smallest absolute Gasteiger partial charge is 0.160 e. The van der Waals surface area contributed by atoms with Gasteiger partial charge in [0.1, 0.15) is 17.1 Å². The summed E-state index contributed by atoms with van der Waals surface area (Å²) >= 11 is 0. The molecule has 37 heavy (non-hydrogen) atoms. The predicted octanol–water partition coefficient (Wildman–Crippen LogP) is 7.42. The van der Waals surface area contributed by atoms with Gasteiger partial charge in [-0.3, -0.25) is 4.79 Å². The number of Topliss-reactive ketones (excluding diaryl/α,β-unsaturated/α-hetero) is 1. The summed E-state index contributed by atoms with van der Waals surface area (Å²) in [7, 11) is 0. The topological polar surface area (TPSA) is 63.6 Å². The number of H-pyrrole nitrogens is 1. The molecule has 2 aliphatic carbocycles. The van der Waals surface area contributed by atoms with Crippen molar-refractivity contribution in [3.05, 3.63) is 73.1 Å². The minimum Gasteiger partial charge on any atom is -0.361 e. The number of pyridine rings is 1. The molecule has 3 aromatic heterocycles. The molecule has 5 heteroatoms. The van der Waals surface area contributed by atoms with Crippen molar-refractivity contribution in [2.24, 2.45) is 17.8 Å². The lowest BCUT2D eigenvalue weighted by molar-refractivity contribution is -0.121. The molecule has 2 fully saturated rings. The molecule has 0 radical (unpaired) electrons. The fourth-order valence-corrected chi connectivity index (χ4v) is 6.12. The third-order valence-electron chi connectivity index (χ3n) is 8.46. The minimum absolute atomic E-state index is 0.395. The predicted molar refractivity (Wildman–Crippen MR) is 148 cm³/mol. The second-order valence-corrected chi connectivity index (χ2v) is 11.1. The van der Waals surface area contributed by atoms with Crippen molar-refractivity contribution < 1.29 is 4.79 Å². The first-order valence-corrected chi connectivity index (χ1v) is 13.7. The van der Waals surface area contributed by atoms with Crippen molar-refractivity contribution in [3.63, 3.8) is 0 Å². The Morgan fingerprint density at radius 1 is 0.865 bits per heavy atom. The molecule has 0 bridgehead atoms. The van der Waals surface area contributed by atoms with Gasteiger partial charge < -0.3 is 9.55 Å². The zero-order valence-electron chi connectivity index (χ0n) is 21.1. The van der Waals surface area contributed by atoms with Crippen molar-refractivity contribution in [2.75, 3.05) is 0 Å². The minimum atomic E-state index is 0.395. The van der Waals surface area contributed by atoms with E-state index in [0.29, 0.717) is 23.5 Å². The van der Waals surface area contributed by atoms with E-state index in [1.807, 2.05) is 18.5 Å². The van der Waals surface area contributed by atoms with Gasteiger partial charge in [-0.05, 0) is 91.1 Å². The molecule has 0 atom stereocenters. The van der Waals surface area contributed by atoms with Crippen molar-refractivity contribution >= 4 is 27.9 Å². The summed E-state index contributed by atoms with van der Waals surface area (Å²) in [5, 5.41) is 1.23. The normalized spacial score (nSPS) is 20.0. The van der Waals surface area contributed by atoms with Gasteiger partial charge in [0.05, 0.1) is 0 Å². The first-order chi connectivity index (χ1) is 18.2. The maximum absolute atomic E-state index is 12.3. The summed E-state index contributed by atoms with van der Waals surface area (Å²) in [5.74, 6) is 3.08. The van der Waals surface area contributed by atoms with Gasteiger partial charge in [0.25, 0.3) is 0 Å². The standard InChI is InChI=1S/C32H32N4O/c37-30(25-10-11-25)18-21-3-5-22(6-4-21)20-36-31(35-28-2-1-16-34-32(28)36)26-12-7-23(8-13-26)27-14-9-24-15-17-33-29(24)19-27/h1-2,7-9,12-17,19,21-22,25,33H,3-6,10-11,18,20H2. The molecular weight excluding hydrogens is 456 g/mol. The van der Waals surface area contributed by atoms with Crippen LogP contribution in [0.15, 0.2) is 73.1 Å². The fourth-order valence-electron chi connectivity index (χ4n) is 6.12. The molecule has 0 unspecified atom stereocenters. The Balaban J connectivity index is 1.13. The zero-order valence-corrected chi connectivity index (χ0v) is 21.1. The van der Waals surface area contributed by atoms with Crippen LogP contribution in [0.4, 0.5) is 0 Å². The van der Waals surface area contributed by atoms with E-state index in [1.165, 1.54) is 42.2 Å². The van der Waals surface area contributed by atoms with Crippen LogP contribution in [-0.2, 0) is 11.3 Å². The molecule has 0 spiro atoms. The average molecular weight is 489 g/mol. The van der Waals surface area contributed by atoms with E-state index in [4.69, 9.17) is 9.97 Å². The Labute approximate surface area is 217 Å². The second-order valence-electron chi connectivity index (χ2n) is 11.1. The summed E-state index contributed by atoms with van der Waals surface area (Å²) in [6.07, 6.45) is 11.6. The number of carbonyl (C=O) groups excluding carboxylic acids is 1. The van der Waals surface area contributed by atoms with Gasteiger partial charge in [0.2, 0.25) is 0 Å². The van der Waals surface area contributed by atoms with Crippen LogP contribution in [-0.4, -0.2) is 25.3 Å². The van der Waals surface area contributed by atoms with E-state index >= 15 is 0 Å². The number of carbonyl (C=O) groups is 1. The summed E-state index contributed by atoms with van der Waals surface area (Å²) in [5.41, 5.74) is 6.58. The Morgan fingerprint density at radius 3 is 2.43 bits per heavy atom. The summed E-state index contributed by atoms with van der Waals surface area (Å²) in [4.78, 5) is 25.3. The first-order valence-electron chi connectivity index (χ1n) is 13.7. The van der Waals surface area contributed by atoms with Gasteiger partial charge in [-0.2, -0.15) is 0 Å². The highest BCUT2D eigenvalue weighted by atomic mass is 16.1. The summed E-state index contributed by atoms with van der Waals surface area (Å²) in [6, 6.07) is 21.4. The Kier molecular flexibility index (Phi) is 5.64. The van der Waals surface area contributed by atoms with Crippen LogP contribution in [0.1, 0.15) is 44.9 Å². The molecule has 5 aromatic rings. The van der Waals surface area contributed by atoms with Crippen LogP contribution in [0.2, 0.25) is 0 Å². The summed E-state index contributed by atoms with van der Waals surface area (Å²) < 4.78 is 2.33. The number of imidazole rings is 1. The highest BCUT2D eigenvalue weighted by molar-refractivity contribution is 5.85. The number of nitrogens with zero attached hydrogens (tertiary/aromatic N) is 3. The van der Waals surface area contributed by atoms with E-state index in [1.54, 1.807) is 0 Å². The molecule has 3 heterocycles. The fraction of sp³-hybridized carbons (Fsp3) is 0.344. The van der Waals surface area contributed by atoms with Crippen LogP contribution < -0.4 is 0 Å². The maximum atomic E-state index is 12.3. The van der Waals surface area contributed by atoms with Gasteiger partial charge in [-0.1, -0.05) is 36.4 Å². The highest BCUT2D eigenvalue weighted by Crippen LogP contribution is 2.38. The van der Waals surface area contributed by atoms with Crippen LogP contribution >= 0.6 is 0 Å². The molecule has 0 amide bonds. The number of hydrogen-bond acceptors (Lipinski definition) is 3. The lowest BCUT2D eigenvalue weighted by Crippen LogP contribution is -2.21. The van der Waals surface area contributed by atoms with Gasteiger partial charge in [0, 0.05) is 42.4 Å². The number of nitrogens with one attached hydrogen (secondary N) is 1. The zero-order chi connectivity index (χ0) is 24.8. The van der Waals surface area contributed by atoms with Gasteiger partial charge in [-0.25, -0.2) is 9.97 Å². The second kappa shape index (κ2) is 9.29.